The van der Waals surface area contributed by atoms with Crippen molar-refractivity contribution in [2.75, 3.05) is 13.1 Å². The van der Waals surface area contributed by atoms with Crippen molar-refractivity contribution in [2.45, 2.75) is 31.7 Å². The molecule has 1 saturated carbocycles. The normalized spacial score (nSPS) is 15.6. The smallest absolute Gasteiger partial charge is 0.254 e. The zero-order valence-electron chi connectivity index (χ0n) is 10.9. The fourth-order valence-electron chi connectivity index (χ4n) is 2.69. The summed E-state index contributed by atoms with van der Waals surface area (Å²) in [4.78, 5) is 14.2. The molecule has 1 aromatic rings. The molecule has 0 radical (unpaired) electrons. The number of rotatable bonds is 4. The van der Waals surface area contributed by atoms with E-state index in [-0.39, 0.29) is 23.4 Å². The number of amides is 1. The lowest BCUT2D eigenvalue weighted by molar-refractivity contribution is 0.0687. The lowest BCUT2D eigenvalue weighted by Crippen LogP contribution is -2.41. The van der Waals surface area contributed by atoms with E-state index >= 15 is 0 Å². The highest BCUT2D eigenvalue weighted by atomic mass is 16.3. The number of nitrogens with zero attached hydrogens (tertiary/aromatic N) is 1. The minimum absolute atomic E-state index is 0.109. The zero-order valence-corrected chi connectivity index (χ0v) is 10.9. The predicted octanol–water partition coefficient (Wildman–Crippen LogP) is 1.44. The molecule has 1 aromatic carbocycles. The minimum atomic E-state index is -0.177. The average Bonchev–Trinajstić information content (AvgIpc) is 2.87. The van der Waals surface area contributed by atoms with Crippen molar-refractivity contribution in [3.8, 4) is 11.5 Å². The second kappa shape index (κ2) is 5.93. The summed E-state index contributed by atoms with van der Waals surface area (Å²) < 4.78 is 0. The molecule has 1 aliphatic rings. The van der Waals surface area contributed by atoms with Gasteiger partial charge in [-0.3, -0.25) is 4.79 Å². The first-order valence-electron chi connectivity index (χ1n) is 6.66. The average molecular weight is 264 g/mol. The van der Waals surface area contributed by atoms with Gasteiger partial charge in [0.1, 0.15) is 11.5 Å². The van der Waals surface area contributed by atoms with E-state index in [0.717, 1.165) is 25.7 Å². The first kappa shape index (κ1) is 13.7. The van der Waals surface area contributed by atoms with Crippen molar-refractivity contribution in [1.29, 1.82) is 0 Å². The van der Waals surface area contributed by atoms with E-state index in [2.05, 4.69) is 0 Å². The van der Waals surface area contributed by atoms with E-state index in [0.29, 0.717) is 18.7 Å². The van der Waals surface area contributed by atoms with E-state index in [1.54, 1.807) is 4.90 Å². The highest BCUT2D eigenvalue weighted by Gasteiger charge is 2.27. The highest BCUT2D eigenvalue weighted by molar-refractivity contribution is 5.95. The molecule has 0 spiro atoms. The Labute approximate surface area is 112 Å². The van der Waals surface area contributed by atoms with Crippen LogP contribution in [0.1, 0.15) is 36.0 Å². The molecule has 19 heavy (non-hydrogen) atoms. The molecule has 5 heteroatoms. The maximum Gasteiger partial charge on any atom is 0.254 e. The van der Waals surface area contributed by atoms with Crippen LogP contribution in [0, 0.1) is 0 Å². The Morgan fingerprint density at radius 1 is 1.21 bits per heavy atom. The molecule has 104 valence electrons. The molecule has 5 nitrogen and oxygen atoms in total. The number of hydrogen-bond acceptors (Lipinski definition) is 4. The zero-order chi connectivity index (χ0) is 13.8. The molecular weight excluding hydrogens is 244 g/mol. The minimum Gasteiger partial charge on any atom is -0.508 e. The standard InChI is InChI=1S/C14H20N2O3/c15-5-6-16(11-3-1-2-4-11)14(19)10-7-12(17)9-13(18)8-10/h7-9,11,17-18H,1-6,15H2. The molecule has 1 amide bonds. The van der Waals surface area contributed by atoms with E-state index in [1.807, 2.05) is 0 Å². The van der Waals surface area contributed by atoms with Crippen LogP contribution in [-0.2, 0) is 0 Å². The molecule has 0 atom stereocenters. The van der Waals surface area contributed by atoms with Crippen LogP contribution in [0.4, 0.5) is 0 Å². The quantitative estimate of drug-likeness (QED) is 0.768. The summed E-state index contributed by atoms with van der Waals surface area (Å²) in [5.74, 6) is -0.395. The van der Waals surface area contributed by atoms with Crippen LogP contribution in [0.25, 0.3) is 0 Å². The molecule has 0 unspecified atom stereocenters. The summed E-state index contributed by atoms with van der Waals surface area (Å²) in [5, 5.41) is 18.9. The summed E-state index contributed by atoms with van der Waals surface area (Å²) in [7, 11) is 0. The van der Waals surface area contributed by atoms with Crippen LogP contribution in [0.3, 0.4) is 0 Å². The third-order valence-electron chi connectivity index (χ3n) is 3.55. The van der Waals surface area contributed by atoms with Crippen LogP contribution < -0.4 is 5.73 Å². The van der Waals surface area contributed by atoms with Crippen LogP contribution in [-0.4, -0.2) is 40.2 Å². The summed E-state index contributed by atoms with van der Waals surface area (Å²) >= 11 is 0. The van der Waals surface area contributed by atoms with Gasteiger partial charge >= 0.3 is 0 Å². The van der Waals surface area contributed by atoms with Crippen LogP contribution in [0.2, 0.25) is 0 Å². The Morgan fingerprint density at radius 3 is 2.32 bits per heavy atom. The fraction of sp³-hybridized carbons (Fsp3) is 0.500. The van der Waals surface area contributed by atoms with Crippen molar-refractivity contribution in [2.24, 2.45) is 5.73 Å². The van der Waals surface area contributed by atoms with Gasteiger partial charge in [-0.05, 0) is 25.0 Å². The SMILES string of the molecule is NCCN(C(=O)c1cc(O)cc(O)c1)C1CCCC1. The first-order chi connectivity index (χ1) is 9.11. The van der Waals surface area contributed by atoms with Crippen molar-refractivity contribution < 1.29 is 15.0 Å². The topological polar surface area (TPSA) is 86.8 Å². The molecule has 1 aliphatic carbocycles. The summed E-state index contributed by atoms with van der Waals surface area (Å²) in [6, 6.07) is 4.18. The number of phenolic OH excluding ortho intramolecular Hbond substituents is 2. The maximum atomic E-state index is 12.5. The predicted molar refractivity (Wildman–Crippen MR) is 72.1 cm³/mol. The van der Waals surface area contributed by atoms with Crippen molar-refractivity contribution >= 4 is 5.91 Å². The molecule has 0 aliphatic heterocycles. The summed E-state index contributed by atoms with van der Waals surface area (Å²) in [6.45, 7) is 0.910. The number of carbonyl (C=O) groups is 1. The first-order valence-corrected chi connectivity index (χ1v) is 6.66. The van der Waals surface area contributed by atoms with Gasteiger partial charge < -0.3 is 20.8 Å². The molecular formula is C14H20N2O3. The molecule has 4 N–H and O–H groups in total. The molecule has 0 heterocycles. The van der Waals surface area contributed by atoms with Gasteiger partial charge in [0.15, 0.2) is 0 Å². The van der Waals surface area contributed by atoms with Crippen LogP contribution in [0.15, 0.2) is 18.2 Å². The van der Waals surface area contributed by atoms with Gasteiger partial charge in [-0.2, -0.15) is 0 Å². The molecule has 2 rings (SSSR count). The van der Waals surface area contributed by atoms with E-state index in [9.17, 15) is 15.0 Å². The summed E-state index contributed by atoms with van der Waals surface area (Å²) in [6.07, 6.45) is 4.25. The third kappa shape index (κ3) is 3.17. The van der Waals surface area contributed by atoms with Crippen molar-refractivity contribution in [3.05, 3.63) is 23.8 Å². The van der Waals surface area contributed by atoms with E-state index in [4.69, 9.17) is 5.73 Å². The number of phenols is 2. The second-order valence-electron chi connectivity index (χ2n) is 4.96. The largest absolute Gasteiger partial charge is 0.508 e. The van der Waals surface area contributed by atoms with Crippen LogP contribution in [0.5, 0.6) is 11.5 Å². The van der Waals surface area contributed by atoms with E-state index in [1.165, 1.54) is 18.2 Å². The van der Waals surface area contributed by atoms with Gasteiger partial charge in [-0.1, -0.05) is 12.8 Å². The Morgan fingerprint density at radius 2 is 1.79 bits per heavy atom. The molecule has 0 bridgehead atoms. The van der Waals surface area contributed by atoms with Crippen LogP contribution >= 0.6 is 0 Å². The Balaban J connectivity index is 2.22. The fourth-order valence-corrected chi connectivity index (χ4v) is 2.69. The highest BCUT2D eigenvalue weighted by Crippen LogP contribution is 2.27. The lowest BCUT2D eigenvalue weighted by Gasteiger charge is -2.28. The lowest BCUT2D eigenvalue weighted by atomic mass is 10.1. The summed E-state index contributed by atoms with van der Waals surface area (Å²) in [5.41, 5.74) is 5.88. The monoisotopic (exact) mass is 264 g/mol. The van der Waals surface area contributed by atoms with Gasteiger partial charge in [0.25, 0.3) is 5.91 Å². The van der Waals surface area contributed by atoms with Gasteiger partial charge in [0.05, 0.1) is 0 Å². The Kier molecular flexibility index (Phi) is 4.27. The number of carbonyl (C=O) groups excluding carboxylic acids is 1. The van der Waals surface area contributed by atoms with E-state index < -0.39 is 0 Å². The molecule has 1 fully saturated rings. The van der Waals surface area contributed by atoms with Crippen molar-refractivity contribution in [1.82, 2.24) is 4.90 Å². The number of aromatic hydroxyl groups is 2. The number of benzene rings is 1. The molecule has 0 saturated heterocycles. The van der Waals surface area contributed by atoms with Gasteiger partial charge in [-0.15, -0.1) is 0 Å². The Bertz CT molecular complexity index is 436. The van der Waals surface area contributed by atoms with Gasteiger partial charge in [0.2, 0.25) is 0 Å². The number of nitrogens with two attached hydrogens (primary N) is 1. The van der Waals surface area contributed by atoms with Gasteiger partial charge in [0, 0.05) is 30.8 Å². The number of hydrogen-bond donors (Lipinski definition) is 3. The molecule has 0 aromatic heterocycles. The Hall–Kier alpha value is -1.75. The second-order valence-corrected chi connectivity index (χ2v) is 4.96. The maximum absolute atomic E-state index is 12.5. The third-order valence-corrected chi connectivity index (χ3v) is 3.55. The van der Waals surface area contributed by atoms with Gasteiger partial charge in [-0.25, -0.2) is 0 Å². The van der Waals surface area contributed by atoms with Crippen molar-refractivity contribution in [3.63, 3.8) is 0 Å².